The van der Waals surface area contributed by atoms with Crippen LogP contribution in [0.25, 0.3) is 11.0 Å². The Morgan fingerprint density at radius 3 is 2.79 bits per heavy atom. The highest BCUT2D eigenvalue weighted by atomic mass is 35.5. The second-order valence-electron chi connectivity index (χ2n) is 6.04. The van der Waals surface area contributed by atoms with Gasteiger partial charge in [-0.1, -0.05) is 11.6 Å². The second-order valence-corrected chi connectivity index (χ2v) is 6.47. The van der Waals surface area contributed by atoms with Crippen LogP contribution in [0.1, 0.15) is 16.2 Å². The number of halogens is 1. The molecule has 0 radical (unpaired) electrons. The number of nitrogens with one attached hydrogen (secondary N) is 2. The number of amides is 1. The van der Waals surface area contributed by atoms with Crippen LogP contribution in [0.5, 0.6) is 5.75 Å². The van der Waals surface area contributed by atoms with E-state index in [4.69, 9.17) is 20.8 Å². The zero-order valence-corrected chi connectivity index (χ0v) is 16.1. The van der Waals surface area contributed by atoms with Crippen molar-refractivity contribution in [2.45, 2.75) is 6.61 Å². The zero-order chi connectivity index (χ0) is 20.2. The van der Waals surface area contributed by atoms with E-state index in [2.05, 4.69) is 25.8 Å². The Morgan fingerprint density at radius 2 is 2.00 bits per heavy atom. The molecular formula is C20H16ClN5O3. The summed E-state index contributed by atoms with van der Waals surface area (Å²) in [6, 6.07) is 12.3. The van der Waals surface area contributed by atoms with E-state index >= 15 is 0 Å². The standard InChI is InChI=1S/C20H16ClN5O3/c1-22-20(27)16-10-14(6-8-23-16)29-11-17-18-15(7-9-28-18)19(26-25-17)24-13-4-2-12(21)3-5-13/h2-10H,11H2,1H3,(H,22,27)(H,24,26). The van der Waals surface area contributed by atoms with Crippen molar-refractivity contribution in [1.82, 2.24) is 20.5 Å². The van der Waals surface area contributed by atoms with Crippen molar-refractivity contribution < 1.29 is 13.9 Å². The minimum atomic E-state index is -0.290. The Morgan fingerprint density at radius 1 is 1.17 bits per heavy atom. The molecule has 3 aromatic heterocycles. The van der Waals surface area contributed by atoms with Crippen molar-refractivity contribution in [2.75, 3.05) is 12.4 Å². The predicted octanol–water partition coefficient (Wildman–Crippen LogP) is 3.95. The number of benzene rings is 1. The van der Waals surface area contributed by atoms with E-state index in [1.165, 1.54) is 6.20 Å². The van der Waals surface area contributed by atoms with Gasteiger partial charge in [0.05, 0.1) is 11.6 Å². The highest BCUT2D eigenvalue weighted by Gasteiger charge is 2.14. The van der Waals surface area contributed by atoms with E-state index in [9.17, 15) is 4.79 Å². The molecule has 0 spiro atoms. The smallest absolute Gasteiger partial charge is 0.269 e. The molecule has 0 saturated heterocycles. The van der Waals surface area contributed by atoms with Gasteiger partial charge in [0.2, 0.25) is 0 Å². The Hall–Kier alpha value is -3.65. The van der Waals surface area contributed by atoms with Gasteiger partial charge in [0.15, 0.2) is 11.4 Å². The van der Waals surface area contributed by atoms with Crippen LogP contribution < -0.4 is 15.4 Å². The summed E-state index contributed by atoms with van der Waals surface area (Å²) in [5.74, 6) is 0.760. The maximum atomic E-state index is 11.7. The molecule has 0 fully saturated rings. The lowest BCUT2D eigenvalue weighted by Crippen LogP contribution is -2.19. The number of aromatic nitrogens is 3. The van der Waals surface area contributed by atoms with E-state index in [-0.39, 0.29) is 18.2 Å². The molecule has 9 heteroatoms. The molecule has 0 bridgehead atoms. The summed E-state index contributed by atoms with van der Waals surface area (Å²) in [4.78, 5) is 15.7. The Bertz CT molecular complexity index is 1160. The van der Waals surface area contributed by atoms with E-state index in [0.29, 0.717) is 27.9 Å². The molecule has 2 N–H and O–H groups in total. The van der Waals surface area contributed by atoms with Gasteiger partial charge >= 0.3 is 0 Å². The molecule has 4 aromatic rings. The van der Waals surface area contributed by atoms with Crippen molar-refractivity contribution in [2.24, 2.45) is 0 Å². The Labute approximate surface area is 170 Å². The number of anilines is 2. The zero-order valence-electron chi connectivity index (χ0n) is 15.3. The highest BCUT2D eigenvalue weighted by Crippen LogP contribution is 2.28. The lowest BCUT2D eigenvalue weighted by molar-refractivity contribution is 0.0957. The second kappa shape index (κ2) is 8.15. The van der Waals surface area contributed by atoms with Crippen LogP contribution >= 0.6 is 11.6 Å². The van der Waals surface area contributed by atoms with Crippen LogP contribution in [0.4, 0.5) is 11.5 Å². The fraction of sp³-hybridized carbons (Fsp3) is 0.100. The summed E-state index contributed by atoms with van der Waals surface area (Å²) >= 11 is 5.92. The third-order valence-corrected chi connectivity index (χ3v) is 4.38. The third-order valence-electron chi connectivity index (χ3n) is 4.13. The van der Waals surface area contributed by atoms with Crippen molar-refractivity contribution >= 4 is 40.0 Å². The van der Waals surface area contributed by atoms with Gasteiger partial charge in [0.1, 0.15) is 23.7 Å². The Balaban J connectivity index is 1.54. The number of pyridine rings is 1. The van der Waals surface area contributed by atoms with Gasteiger partial charge in [0.25, 0.3) is 5.91 Å². The molecule has 0 unspecified atom stereocenters. The number of hydrogen-bond donors (Lipinski definition) is 2. The Kier molecular flexibility index (Phi) is 5.26. The van der Waals surface area contributed by atoms with Gasteiger partial charge in [-0.15, -0.1) is 10.2 Å². The van der Waals surface area contributed by atoms with Crippen molar-refractivity contribution in [1.29, 1.82) is 0 Å². The lowest BCUT2D eigenvalue weighted by atomic mass is 10.2. The average Bonchev–Trinajstić information content (AvgIpc) is 3.25. The molecule has 0 aliphatic rings. The van der Waals surface area contributed by atoms with Gasteiger partial charge in [-0.2, -0.15) is 0 Å². The van der Waals surface area contributed by atoms with Gasteiger partial charge in [-0.3, -0.25) is 9.78 Å². The van der Waals surface area contributed by atoms with Gasteiger partial charge in [-0.05, 0) is 36.4 Å². The summed E-state index contributed by atoms with van der Waals surface area (Å²) in [7, 11) is 1.54. The summed E-state index contributed by atoms with van der Waals surface area (Å²) < 4.78 is 11.4. The molecule has 3 heterocycles. The largest absolute Gasteiger partial charge is 0.487 e. The number of furan rings is 1. The fourth-order valence-corrected chi connectivity index (χ4v) is 2.82. The molecule has 146 valence electrons. The van der Waals surface area contributed by atoms with E-state index in [0.717, 1.165) is 11.1 Å². The molecular weight excluding hydrogens is 394 g/mol. The molecule has 1 amide bonds. The fourth-order valence-electron chi connectivity index (χ4n) is 2.69. The van der Waals surface area contributed by atoms with Crippen molar-refractivity contribution in [3.8, 4) is 5.75 Å². The first kappa shape index (κ1) is 18.7. The van der Waals surface area contributed by atoms with Gasteiger partial charge in [0, 0.05) is 30.0 Å². The molecule has 4 rings (SSSR count). The first-order valence-corrected chi connectivity index (χ1v) is 9.08. The monoisotopic (exact) mass is 409 g/mol. The molecule has 0 saturated carbocycles. The first-order chi connectivity index (χ1) is 14.1. The third kappa shape index (κ3) is 4.12. The van der Waals surface area contributed by atoms with E-state index < -0.39 is 0 Å². The maximum absolute atomic E-state index is 11.7. The predicted molar refractivity (Wildman–Crippen MR) is 108 cm³/mol. The summed E-state index contributed by atoms with van der Waals surface area (Å²) in [5.41, 5.74) is 2.19. The van der Waals surface area contributed by atoms with Crippen LogP contribution in [0, 0.1) is 0 Å². The number of carbonyl (C=O) groups is 1. The van der Waals surface area contributed by atoms with E-state index in [1.54, 1.807) is 37.6 Å². The lowest BCUT2D eigenvalue weighted by Gasteiger charge is -2.09. The molecule has 0 atom stereocenters. The first-order valence-electron chi connectivity index (χ1n) is 8.70. The number of carbonyl (C=O) groups excluding carboxylic acids is 1. The minimum Gasteiger partial charge on any atom is -0.487 e. The van der Waals surface area contributed by atoms with Gasteiger partial charge < -0.3 is 19.8 Å². The molecule has 1 aromatic carbocycles. The number of ether oxygens (including phenoxy) is 1. The topological polar surface area (TPSA) is 102 Å². The molecule has 0 aliphatic carbocycles. The van der Waals surface area contributed by atoms with Crippen molar-refractivity contribution in [3.05, 3.63) is 71.3 Å². The minimum absolute atomic E-state index is 0.120. The van der Waals surface area contributed by atoms with Gasteiger partial charge in [-0.25, -0.2) is 0 Å². The van der Waals surface area contributed by atoms with Crippen molar-refractivity contribution in [3.63, 3.8) is 0 Å². The SMILES string of the molecule is CNC(=O)c1cc(OCc2nnc(Nc3ccc(Cl)cc3)c3ccoc23)ccn1. The van der Waals surface area contributed by atoms with Crippen LogP contribution in [0.2, 0.25) is 5.02 Å². The average molecular weight is 410 g/mol. The molecule has 0 aliphatic heterocycles. The maximum Gasteiger partial charge on any atom is 0.269 e. The van der Waals surface area contributed by atoms with Crippen LogP contribution in [0.3, 0.4) is 0 Å². The summed E-state index contributed by atoms with van der Waals surface area (Å²) in [5, 5.41) is 15.6. The number of hydrogen-bond acceptors (Lipinski definition) is 7. The number of fused-ring (bicyclic) bond motifs is 1. The quantitative estimate of drug-likeness (QED) is 0.497. The summed E-state index contributed by atoms with van der Waals surface area (Å²) in [6.07, 6.45) is 3.08. The number of nitrogens with zero attached hydrogens (tertiary/aromatic N) is 3. The normalized spacial score (nSPS) is 10.7. The van der Waals surface area contributed by atoms with Crippen LogP contribution in [-0.2, 0) is 6.61 Å². The highest BCUT2D eigenvalue weighted by molar-refractivity contribution is 6.30. The van der Waals surface area contributed by atoms with Crippen LogP contribution in [-0.4, -0.2) is 28.1 Å². The number of rotatable bonds is 6. The molecule has 8 nitrogen and oxygen atoms in total. The summed E-state index contributed by atoms with van der Waals surface area (Å²) in [6.45, 7) is 0.120. The molecule has 29 heavy (non-hydrogen) atoms. The van der Waals surface area contributed by atoms with Crippen LogP contribution in [0.15, 0.2) is 59.3 Å². The van der Waals surface area contributed by atoms with E-state index in [1.807, 2.05) is 18.2 Å².